The lowest BCUT2D eigenvalue weighted by Crippen LogP contribution is -2.27. The van der Waals surface area contributed by atoms with Crippen molar-refractivity contribution in [3.8, 4) is 0 Å². The van der Waals surface area contributed by atoms with Gasteiger partial charge < -0.3 is 15.7 Å². The van der Waals surface area contributed by atoms with Crippen molar-refractivity contribution in [3.05, 3.63) is 11.8 Å². The normalized spacial score (nSPS) is 23.7. The van der Waals surface area contributed by atoms with Crippen LogP contribution in [0.1, 0.15) is 24.8 Å². The quantitative estimate of drug-likeness (QED) is 0.737. The van der Waals surface area contributed by atoms with Crippen LogP contribution in [0.25, 0.3) is 0 Å². The minimum absolute atomic E-state index is 0.251. The van der Waals surface area contributed by atoms with Gasteiger partial charge in [0, 0.05) is 37.4 Å². The fourth-order valence-electron chi connectivity index (χ4n) is 2.33. The largest absolute Gasteiger partial charge is 0.396 e. The number of aliphatic hydroxyl groups is 1. The molecule has 1 aromatic rings. The third-order valence-electron chi connectivity index (χ3n) is 3.41. The number of aliphatic hydroxyl groups excluding tert-OH is 1. The summed E-state index contributed by atoms with van der Waals surface area (Å²) < 4.78 is 0. The number of aryl methyl sites for hydroxylation is 1. The van der Waals surface area contributed by atoms with Crippen molar-refractivity contribution < 1.29 is 5.11 Å². The summed E-state index contributed by atoms with van der Waals surface area (Å²) in [6, 6.07) is 0.332. The molecule has 5 nitrogen and oxygen atoms in total. The Hall–Kier alpha value is -1.36. The Morgan fingerprint density at radius 3 is 3.00 bits per heavy atom. The number of anilines is 2. The smallest absolute Gasteiger partial charge is 0.224 e. The van der Waals surface area contributed by atoms with Crippen molar-refractivity contribution in [1.29, 1.82) is 0 Å². The molecule has 2 rings (SSSR count). The molecule has 1 fully saturated rings. The molecule has 0 spiro atoms. The average Bonchev–Trinajstić information content (AvgIpc) is 2.79. The molecule has 5 heteroatoms. The van der Waals surface area contributed by atoms with Crippen LogP contribution in [0.15, 0.2) is 6.20 Å². The van der Waals surface area contributed by atoms with E-state index in [4.69, 9.17) is 0 Å². The summed E-state index contributed by atoms with van der Waals surface area (Å²) in [6.45, 7) is 2.24. The number of nitrogens with zero attached hydrogens (tertiary/aromatic N) is 2. The van der Waals surface area contributed by atoms with E-state index < -0.39 is 0 Å². The van der Waals surface area contributed by atoms with Crippen LogP contribution >= 0.6 is 0 Å². The highest BCUT2D eigenvalue weighted by molar-refractivity contribution is 5.47. The molecule has 1 saturated carbocycles. The fourth-order valence-corrected chi connectivity index (χ4v) is 2.33. The lowest BCUT2D eigenvalue weighted by Gasteiger charge is -2.20. The van der Waals surface area contributed by atoms with E-state index in [1.54, 1.807) is 7.05 Å². The zero-order chi connectivity index (χ0) is 12.3. The molecule has 0 aromatic carbocycles. The maximum Gasteiger partial charge on any atom is 0.224 e. The zero-order valence-electron chi connectivity index (χ0n) is 10.4. The molecule has 94 valence electrons. The van der Waals surface area contributed by atoms with Crippen LogP contribution < -0.4 is 10.6 Å². The van der Waals surface area contributed by atoms with Gasteiger partial charge in [-0.15, -0.1) is 0 Å². The minimum Gasteiger partial charge on any atom is -0.396 e. The Labute approximate surface area is 102 Å². The summed E-state index contributed by atoms with van der Waals surface area (Å²) >= 11 is 0. The Morgan fingerprint density at radius 1 is 1.47 bits per heavy atom. The molecule has 0 aliphatic heterocycles. The van der Waals surface area contributed by atoms with Crippen LogP contribution in [-0.4, -0.2) is 34.8 Å². The van der Waals surface area contributed by atoms with Gasteiger partial charge in [-0.3, -0.25) is 0 Å². The Kier molecular flexibility index (Phi) is 3.78. The van der Waals surface area contributed by atoms with Crippen molar-refractivity contribution in [1.82, 2.24) is 9.97 Å². The highest BCUT2D eigenvalue weighted by atomic mass is 16.3. The molecule has 2 unspecified atom stereocenters. The van der Waals surface area contributed by atoms with E-state index in [1.807, 2.05) is 13.1 Å². The molecule has 1 aromatic heterocycles. The van der Waals surface area contributed by atoms with Crippen LogP contribution in [0, 0.1) is 12.8 Å². The molecule has 0 amide bonds. The first kappa shape index (κ1) is 12.1. The fraction of sp³-hybridized carbons (Fsp3) is 0.667. The summed E-state index contributed by atoms with van der Waals surface area (Å²) in [5.74, 6) is 1.84. The van der Waals surface area contributed by atoms with Gasteiger partial charge in [0.15, 0.2) is 0 Å². The van der Waals surface area contributed by atoms with Crippen molar-refractivity contribution in [2.24, 2.45) is 5.92 Å². The molecule has 17 heavy (non-hydrogen) atoms. The van der Waals surface area contributed by atoms with Crippen LogP contribution in [0.2, 0.25) is 0 Å². The lowest BCUT2D eigenvalue weighted by atomic mass is 10.1. The van der Waals surface area contributed by atoms with Gasteiger partial charge in [0.25, 0.3) is 0 Å². The molecule has 1 aliphatic carbocycles. The van der Waals surface area contributed by atoms with Gasteiger partial charge >= 0.3 is 0 Å². The van der Waals surface area contributed by atoms with Crippen molar-refractivity contribution in [2.45, 2.75) is 32.2 Å². The summed E-state index contributed by atoms with van der Waals surface area (Å²) in [6.07, 6.45) is 5.18. The second kappa shape index (κ2) is 5.31. The van der Waals surface area contributed by atoms with Gasteiger partial charge in [-0.05, 0) is 19.8 Å². The second-order valence-corrected chi connectivity index (χ2v) is 4.60. The minimum atomic E-state index is 0.251. The maximum atomic E-state index is 9.30. The number of nitrogens with one attached hydrogen (secondary N) is 2. The van der Waals surface area contributed by atoms with Gasteiger partial charge in [0.1, 0.15) is 5.82 Å². The number of aromatic nitrogens is 2. The van der Waals surface area contributed by atoms with E-state index >= 15 is 0 Å². The first-order chi connectivity index (χ1) is 8.24. The molecular formula is C12H20N4O. The second-order valence-electron chi connectivity index (χ2n) is 4.60. The van der Waals surface area contributed by atoms with E-state index in [-0.39, 0.29) is 6.61 Å². The van der Waals surface area contributed by atoms with E-state index in [2.05, 4.69) is 20.6 Å². The predicted octanol–water partition coefficient (Wildman–Crippen LogP) is 1.40. The molecular weight excluding hydrogens is 216 g/mol. The van der Waals surface area contributed by atoms with Crippen LogP contribution in [-0.2, 0) is 0 Å². The summed E-state index contributed by atoms with van der Waals surface area (Å²) in [5.41, 5.74) is 1.03. The average molecular weight is 236 g/mol. The monoisotopic (exact) mass is 236 g/mol. The van der Waals surface area contributed by atoms with Gasteiger partial charge in [-0.1, -0.05) is 6.42 Å². The molecule has 2 atom stereocenters. The first-order valence-corrected chi connectivity index (χ1v) is 6.13. The van der Waals surface area contributed by atoms with Gasteiger partial charge in [-0.2, -0.15) is 4.98 Å². The van der Waals surface area contributed by atoms with Crippen molar-refractivity contribution in [2.75, 3.05) is 24.3 Å². The first-order valence-electron chi connectivity index (χ1n) is 6.13. The Bertz CT molecular complexity index is 383. The third-order valence-corrected chi connectivity index (χ3v) is 3.41. The van der Waals surface area contributed by atoms with Gasteiger partial charge in [0.2, 0.25) is 5.95 Å². The molecule has 1 aliphatic rings. The zero-order valence-corrected chi connectivity index (χ0v) is 10.4. The topological polar surface area (TPSA) is 70.1 Å². The Morgan fingerprint density at radius 2 is 2.29 bits per heavy atom. The summed E-state index contributed by atoms with van der Waals surface area (Å²) in [7, 11) is 1.81. The van der Waals surface area contributed by atoms with E-state index in [0.717, 1.165) is 24.2 Å². The highest BCUT2D eigenvalue weighted by Crippen LogP contribution is 2.28. The number of hydrogen-bond donors (Lipinski definition) is 3. The van der Waals surface area contributed by atoms with Crippen molar-refractivity contribution >= 4 is 11.8 Å². The summed E-state index contributed by atoms with van der Waals surface area (Å²) in [5, 5.41) is 15.7. The van der Waals surface area contributed by atoms with E-state index in [0.29, 0.717) is 17.9 Å². The highest BCUT2D eigenvalue weighted by Gasteiger charge is 2.27. The van der Waals surface area contributed by atoms with E-state index in [1.165, 1.54) is 6.42 Å². The maximum absolute atomic E-state index is 9.30. The van der Waals surface area contributed by atoms with Crippen LogP contribution in [0.4, 0.5) is 11.8 Å². The SMILES string of the molecule is CNc1ncc(C)c(NC2CCCC2CO)n1. The Balaban J connectivity index is 2.12. The molecule has 1 heterocycles. The third kappa shape index (κ3) is 2.66. The van der Waals surface area contributed by atoms with Crippen LogP contribution in [0.3, 0.4) is 0 Å². The molecule has 0 radical (unpaired) electrons. The van der Waals surface area contributed by atoms with Crippen LogP contribution in [0.5, 0.6) is 0 Å². The lowest BCUT2D eigenvalue weighted by molar-refractivity contribution is 0.222. The van der Waals surface area contributed by atoms with Gasteiger partial charge in [0.05, 0.1) is 0 Å². The predicted molar refractivity (Wildman–Crippen MR) is 68.2 cm³/mol. The number of hydrogen-bond acceptors (Lipinski definition) is 5. The molecule has 0 bridgehead atoms. The molecule has 3 N–H and O–H groups in total. The van der Waals surface area contributed by atoms with E-state index in [9.17, 15) is 5.11 Å². The summed E-state index contributed by atoms with van der Waals surface area (Å²) in [4.78, 5) is 8.57. The number of rotatable bonds is 4. The standard InChI is InChI=1S/C12H20N4O/c1-8-6-14-12(13-2)16-11(8)15-10-5-3-4-9(10)7-17/h6,9-10,17H,3-5,7H2,1-2H3,(H2,13,14,15,16). The molecule has 0 saturated heterocycles. The van der Waals surface area contributed by atoms with Gasteiger partial charge in [-0.25, -0.2) is 4.98 Å². The van der Waals surface area contributed by atoms with Crippen molar-refractivity contribution in [3.63, 3.8) is 0 Å².